The third kappa shape index (κ3) is 4.16. The van der Waals surface area contributed by atoms with Gasteiger partial charge < -0.3 is 15.4 Å². The van der Waals surface area contributed by atoms with E-state index in [1.165, 1.54) is 0 Å². The van der Waals surface area contributed by atoms with Crippen LogP contribution in [0.25, 0.3) is 10.9 Å². The number of aromatic nitrogens is 1. The van der Waals surface area contributed by atoms with Crippen LogP contribution < -0.4 is 15.4 Å². The van der Waals surface area contributed by atoms with Crippen LogP contribution in [0.15, 0.2) is 60.8 Å². The molecule has 0 radical (unpaired) electrons. The molecule has 0 atom stereocenters. The predicted molar refractivity (Wildman–Crippen MR) is 100 cm³/mol. The van der Waals surface area contributed by atoms with Gasteiger partial charge in [-0.3, -0.25) is 14.6 Å². The fraction of sp³-hybridized carbons (Fsp3) is 0.150. The molecule has 2 amide bonds. The van der Waals surface area contributed by atoms with Crippen LogP contribution in [0.5, 0.6) is 5.75 Å². The number of fused-ring (bicyclic) bond motifs is 1. The van der Waals surface area contributed by atoms with Gasteiger partial charge in [0.15, 0.2) is 0 Å². The van der Waals surface area contributed by atoms with Crippen LogP contribution in [-0.4, -0.2) is 30.5 Å². The molecule has 0 saturated carbocycles. The van der Waals surface area contributed by atoms with E-state index >= 15 is 0 Å². The van der Waals surface area contributed by atoms with E-state index < -0.39 is 0 Å². The summed E-state index contributed by atoms with van der Waals surface area (Å²) in [5.41, 5.74) is 2.19. The first-order chi connectivity index (χ1) is 12.7. The molecular weight excluding hydrogens is 330 g/mol. The summed E-state index contributed by atoms with van der Waals surface area (Å²) in [4.78, 5) is 28.4. The Kier molecular flexibility index (Phi) is 5.43. The molecule has 2 N–H and O–H groups in total. The summed E-state index contributed by atoms with van der Waals surface area (Å²) in [7, 11) is 1.57. The molecule has 132 valence electrons. The maximum Gasteiger partial charge on any atom is 0.243 e. The third-order valence-electron chi connectivity index (χ3n) is 3.88. The fourth-order valence-electron chi connectivity index (χ4n) is 2.64. The lowest BCUT2D eigenvalue weighted by Gasteiger charge is -2.11. The number of hydrogen-bond donors (Lipinski definition) is 2. The largest absolute Gasteiger partial charge is 0.494 e. The number of carbonyl (C=O) groups excluding carboxylic acids is 2. The summed E-state index contributed by atoms with van der Waals surface area (Å²) in [6.07, 6.45) is 1.91. The van der Waals surface area contributed by atoms with Crippen molar-refractivity contribution in [1.29, 1.82) is 0 Å². The molecule has 0 aliphatic carbocycles. The highest BCUT2D eigenvalue weighted by molar-refractivity contribution is 6.04. The minimum Gasteiger partial charge on any atom is -0.494 e. The summed E-state index contributed by atoms with van der Waals surface area (Å²) in [5, 5.41) is 6.21. The summed E-state index contributed by atoms with van der Waals surface area (Å²) in [6, 6.07) is 16.5. The lowest BCUT2D eigenvalue weighted by atomic mass is 10.1. The van der Waals surface area contributed by atoms with E-state index in [1.54, 1.807) is 31.5 Å². The highest BCUT2D eigenvalue weighted by atomic mass is 16.5. The molecule has 1 aromatic heterocycles. The normalized spacial score (nSPS) is 10.3. The number of nitrogens with one attached hydrogen (secondary N) is 2. The molecule has 6 heteroatoms. The van der Waals surface area contributed by atoms with Gasteiger partial charge in [0.1, 0.15) is 11.3 Å². The zero-order chi connectivity index (χ0) is 18.4. The van der Waals surface area contributed by atoms with Crippen LogP contribution in [-0.2, 0) is 16.0 Å². The quantitative estimate of drug-likeness (QED) is 0.717. The van der Waals surface area contributed by atoms with Gasteiger partial charge in [-0.05, 0) is 29.8 Å². The van der Waals surface area contributed by atoms with Crippen LogP contribution >= 0.6 is 0 Å². The summed E-state index contributed by atoms with van der Waals surface area (Å²) in [6.45, 7) is -0.0978. The Morgan fingerprint density at radius 3 is 2.58 bits per heavy atom. The van der Waals surface area contributed by atoms with E-state index in [2.05, 4.69) is 15.6 Å². The molecule has 2 aromatic carbocycles. The number of anilines is 1. The second-order valence-electron chi connectivity index (χ2n) is 5.70. The van der Waals surface area contributed by atoms with E-state index in [1.807, 2.05) is 36.4 Å². The number of pyridine rings is 1. The Hall–Kier alpha value is -3.41. The molecule has 0 unspecified atom stereocenters. The van der Waals surface area contributed by atoms with Gasteiger partial charge in [0.05, 0.1) is 25.8 Å². The van der Waals surface area contributed by atoms with Gasteiger partial charge >= 0.3 is 0 Å². The van der Waals surface area contributed by atoms with Crippen LogP contribution in [0.2, 0.25) is 0 Å². The number of hydrogen-bond acceptors (Lipinski definition) is 4. The second kappa shape index (κ2) is 8.11. The van der Waals surface area contributed by atoms with Gasteiger partial charge in [0, 0.05) is 11.6 Å². The molecule has 0 aliphatic rings. The average molecular weight is 349 g/mol. The van der Waals surface area contributed by atoms with Crippen molar-refractivity contribution in [2.45, 2.75) is 6.42 Å². The first-order valence-electron chi connectivity index (χ1n) is 8.19. The molecular formula is C20H19N3O3. The number of amides is 2. The number of carbonyl (C=O) groups is 2. The lowest BCUT2D eigenvalue weighted by molar-refractivity contribution is -0.123. The molecule has 3 rings (SSSR count). The first-order valence-corrected chi connectivity index (χ1v) is 8.19. The van der Waals surface area contributed by atoms with Crippen LogP contribution in [0.3, 0.4) is 0 Å². The Labute approximate surface area is 151 Å². The average Bonchev–Trinajstić information content (AvgIpc) is 2.67. The maximum absolute atomic E-state index is 12.2. The monoisotopic (exact) mass is 349 g/mol. The summed E-state index contributed by atoms with van der Waals surface area (Å²) in [5.74, 6) is 0.129. The molecule has 0 saturated heterocycles. The van der Waals surface area contributed by atoms with Crippen molar-refractivity contribution in [1.82, 2.24) is 10.3 Å². The van der Waals surface area contributed by atoms with E-state index in [0.29, 0.717) is 17.0 Å². The smallest absolute Gasteiger partial charge is 0.243 e. The Morgan fingerprint density at radius 1 is 1.00 bits per heavy atom. The molecule has 3 aromatic rings. The zero-order valence-electron chi connectivity index (χ0n) is 14.4. The molecule has 1 heterocycles. The number of rotatable bonds is 6. The van der Waals surface area contributed by atoms with Crippen molar-refractivity contribution >= 4 is 28.4 Å². The SMILES string of the molecule is COc1ccc(NC(=O)CNC(=O)Cc2ccccc2)c2cccnc12. The topological polar surface area (TPSA) is 80.3 Å². The maximum atomic E-state index is 12.2. The highest BCUT2D eigenvalue weighted by Gasteiger charge is 2.11. The van der Waals surface area contributed by atoms with E-state index in [4.69, 9.17) is 4.74 Å². The Balaban J connectivity index is 1.62. The van der Waals surface area contributed by atoms with Gasteiger partial charge in [-0.25, -0.2) is 0 Å². The summed E-state index contributed by atoms with van der Waals surface area (Å²) >= 11 is 0. The molecule has 0 bridgehead atoms. The van der Waals surface area contributed by atoms with Crippen molar-refractivity contribution < 1.29 is 14.3 Å². The molecule has 6 nitrogen and oxygen atoms in total. The first kappa shape index (κ1) is 17.4. The van der Waals surface area contributed by atoms with Crippen molar-refractivity contribution in [3.63, 3.8) is 0 Å². The van der Waals surface area contributed by atoms with Crippen molar-refractivity contribution in [3.05, 3.63) is 66.4 Å². The van der Waals surface area contributed by atoms with E-state index in [9.17, 15) is 9.59 Å². The third-order valence-corrected chi connectivity index (χ3v) is 3.88. The van der Waals surface area contributed by atoms with E-state index in [-0.39, 0.29) is 24.8 Å². The lowest BCUT2D eigenvalue weighted by Crippen LogP contribution is -2.33. The fourth-order valence-corrected chi connectivity index (χ4v) is 2.64. The molecule has 0 spiro atoms. The van der Waals surface area contributed by atoms with Crippen molar-refractivity contribution in [2.24, 2.45) is 0 Å². The van der Waals surface area contributed by atoms with Gasteiger partial charge in [-0.15, -0.1) is 0 Å². The van der Waals surface area contributed by atoms with E-state index in [0.717, 1.165) is 10.9 Å². The number of benzene rings is 2. The molecule has 26 heavy (non-hydrogen) atoms. The molecule has 0 fully saturated rings. The standard InChI is InChI=1S/C20H19N3O3/c1-26-17-10-9-16(15-8-5-11-21-20(15)17)23-19(25)13-22-18(24)12-14-6-3-2-4-7-14/h2-11H,12-13H2,1H3,(H,22,24)(H,23,25). The van der Waals surface area contributed by atoms with Crippen LogP contribution in [0.1, 0.15) is 5.56 Å². The van der Waals surface area contributed by atoms with Gasteiger partial charge in [0.25, 0.3) is 0 Å². The van der Waals surface area contributed by atoms with Gasteiger partial charge in [-0.2, -0.15) is 0 Å². The minimum absolute atomic E-state index is 0.0978. The second-order valence-corrected chi connectivity index (χ2v) is 5.70. The molecule has 0 aliphatic heterocycles. The highest BCUT2D eigenvalue weighted by Crippen LogP contribution is 2.29. The Morgan fingerprint density at radius 2 is 1.81 bits per heavy atom. The number of nitrogens with zero attached hydrogens (tertiary/aromatic N) is 1. The van der Waals surface area contributed by atoms with Crippen molar-refractivity contribution in [2.75, 3.05) is 19.0 Å². The van der Waals surface area contributed by atoms with Crippen LogP contribution in [0.4, 0.5) is 5.69 Å². The zero-order valence-corrected chi connectivity index (χ0v) is 14.4. The number of methoxy groups -OCH3 is 1. The van der Waals surface area contributed by atoms with Gasteiger partial charge in [0.2, 0.25) is 11.8 Å². The summed E-state index contributed by atoms with van der Waals surface area (Å²) < 4.78 is 5.29. The number of ether oxygens (including phenoxy) is 1. The van der Waals surface area contributed by atoms with Crippen molar-refractivity contribution in [3.8, 4) is 5.75 Å². The van der Waals surface area contributed by atoms with Crippen LogP contribution in [0, 0.1) is 0 Å². The minimum atomic E-state index is -0.304. The van der Waals surface area contributed by atoms with Gasteiger partial charge in [-0.1, -0.05) is 30.3 Å². The Bertz CT molecular complexity index is 926. The predicted octanol–water partition coefficient (Wildman–Crippen LogP) is 2.54.